The first-order chi connectivity index (χ1) is 13.5. The molecule has 0 aromatic heterocycles. The minimum absolute atomic E-state index is 0.105. The molecule has 152 valence electrons. The highest BCUT2D eigenvalue weighted by Gasteiger charge is 2.36. The Labute approximate surface area is 162 Å². The molecule has 28 heavy (non-hydrogen) atoms. The monoisotopic (exact) mass is 394 g/mol. The molecule has 5 nitrogen and oxygen atoms in total. The maximum atomic E-state index is 12.3. The van der Waals surface area contributed by atoms with E-state index in [1.807, 2.05) is 24.3 Å². The van der Waals surface area contributed by atoms with E-state index in [-0.39, 0.29) is 24.9 Å². The predicted molar refractivity (Wildman–Crippen MR) is 98.6 cm³/mol. The van der Waals surface area contributed by atoms with E-state index in [4.69, 9.17) is 4.74 Å². The Bertz CT molecular complexity index is 753. The van der Waals surface area contributed by atoms with Crippen LogP contribution in [0.15, 0.2) is 48.5 Å². The van der Waals surface area contributed by atoms with Crippen LogP contribution in [-0.4, -0.2) is 46.8 Å². The highest BCUT2D eigenvalue weighted by Crippen LogP contribution is 2.31. The van der Waals surface area contributed by atoms with Gasteiger partial charge in [0.15, 0.2) is 0 Å². The van der Waals surface area contributed by atoms with Crippen LogP contribution in [0.25, 0.3) is 0 Å². The van der Waals surface area contributed by atoms with Crippen molar-refractivity contribution >= 4 is 0 Å². The van der Waals surface area contributed by atoms with Crippen LogP contribution in [0, 0.1) is 5.92 Å². The summed E-state index contributed by atoms with van der Waals surface area (Å²) in [6.07, 6.45) is -0.945. The minimum Gasteiger partial charge on any atom is -0.490 e. The van der Waals surface area contributed by atoms with Gasteiger partial charge in [-0.15, -0.1) is 0 Å². The molecule has 1 fully saturated rings. The predicted octanol–water partition coefficient (Wildman–Crippen LogP) is 2.75. The molecular weight excluding hydrogens is 370 g/mol. The third kappa shape index (κ3) is 5.19. The lowest BCUT2D eigenvalue weighted by atomic mass is 9.83. The van der Waals surface area contributed by atoms with E-state index in [1.165, 1.54) is 12.1 Å². The summed E-state index contributed by atoms with van der Waals surface area (Å²) in [6.45, 7) is -3.07. The summed E-state index contributed by atoms with van der Waals surface area (Å²) in [4.78, 5) is 0. The number of rotatable bonds is 7. The molecule has 1 aliphatic carbocycles. The first-order valence-corrected chi connectivity index (χ1v) is 9.21. The van der Waals surface area contributed by atoms with Crippen molar-refractivity contribution in [3.63, 3.8) is 0 Å². The molecule has 4 atom stereocenters. The number of halogens is 2. The Hall–Kier alpha value is -2.22. The number of ether oxygens (including phenoxy) is 2. The summed E-state index contributed by atoms with van der Waals surface area (Å²) < 4.78 is 35.0. The van der Waals surface area contributed by atoms with Gasteiger partial charge in [0.25, 0.3) is 0 Å². The van der Waals surface area contributed by atoms with E-state index in [0.29, 0.717) is 18.6 Å². The van der Waals surface area contributed by atoms with Gasteiger partial charge < -0.3 is 24.8 Å². The summed E-state index contributed by atoms with van der Waals surface area (Å²) in [5, 5.41) is 29.3. The zero-order valence-corrected chi connectivity index (χ0v) is 15.2. The van der Waals surface area contributed by atoms with Gasteiger partial charge in [-0.1, -0.05) is 30.3 Å². The summed E-state index contributed by atoms with van der Waals surface area (Å²) >= 11 is 0. The molecule has 3 rings (SSSR count). The van der Waals surface area contributed by atoms with Gasteiger partial charge in [-0.3, -0.25) is 0 Å². The number of hydrogen-bond donors (Lipinski definition) is 3. The molecule has 3 N–H and O–H groups in total. The van der Waals surface area contributed by atoms with Crippen molar-refractivity contribution in [2.45, 2.75) is 44.2 Å². The van der Waals surface area contributed by atoms with E-state index in [1.54, 1.807) is 12.1 Å². The fourth-order valence-electron chi connectivity index (χ4n) is 3.53. The van der Waals surface area contributed by atoms with Crippen LogP contribution in [0.3, 0.4) is 0 Å². The van der Waals surface area contributed by atoms with E-state index < -0.39 is 24.7 Å². The highest BCUT2D eigenvalue weighted by molar-refractivity contribution is 5.39. The van der Waals surface area contributed by atoms with Crippen molar-refractivity contribution in [3.8, 4) is 11.5 Å². The zero-order valence-electron chi connectivity index (χ0n) is 15.2. The Kier molecular flexibility index (Phi) is 6.83. The number of para-hydroxylation sites is 1. The van der Waals surface area contributed by atoms with Crippen molar-refractivity contribution in [2.75, 3.05) is 6.61 Å². The smallest absolute Gasteiger partial charge is 0.387 e. The summed E-state index contributed by atoms with van der Waals surface area (Å²) in [7, 11) is 0. The lowest BCUT2D eigenvalue weighted by Gasteiger charge is -2.36. The lowest BCUT2D eigenvalue weighted by Crippen LogP contribution is -2.46. The standard InChI is InChI=1S/C21H24F2O5/c22-21(23)28-16-7-5-13(6-8-16)9-14-3-1-2-4-19(14)27-17-10-15(12-24)20(26)18(25)11-17/h1-8,15,17-18,20-21,24-26H,9-12H2/t15-,17-,18-,20-/m1/s1. The first-order valence-electron chi connectivity index (χ1n) is 9.21. The number of alkyl halides is 2. The van der Waals surface area contributed by atoms with Gasteiger partial charge in [0.2, 0.25) is 0 Å². The molecule has 2 aromatic carbocycles. The van der Waals surface area contributed by atoms with Gasteiger partial charge in [-0.25, -0.2) is 0 Å². The Morgan fingerprint density at radius 2 is 1.71 bits per heavy atom. The average molecular weight is 394 g/mol. The summed E-state index contributed by atoms with van der Waals surface area (Å²) in [5.41, 5.74) is 1.82. The van der Waals surface area contributed by atoms with Crippen LogP contribution in [0.5, 0.6) is 11.5 Å². The van der Waals surface area contributed by atoms with E-state index in [0.717, 1.165) is 11.1 Å². The minimum atomic E-state index is -2.85. The molecule has 7 heteroatoms. The van der Waals surface area contributed by atoms with Crippen molar-refractivity contribution < 1.29 is 33.6 Å². The van der Waals surface area contributed by atoms with Crippen molar-refractivity contribution in [2.24, 2.45) is 5.92 Å². The van der Waals surface area contributed by atoms with Crippen LogP contribution >= 0.6 is 0 Å². The molecule has 0 unspecified atom stereocenters. The van der Waals surface area contributed by atoms with Gasteiger partial charge in [-0.05, 0) is 35.7 Å². The molecule has 0 aliphatic heterocycles. The third-order valence-corrected chi connectivity index (χ3v) is 4.99. The lowest BCUT2D eigenvalue weighted by molar-refractivity contribution is -0.0892. The molecule has 2 aromatic rings. The molecule has 0 radical (unpaired) electrons. The van der Waals surface area contributed by atoms with Crippen LogP contribution in [0.4, 0.5) is 8.78 Å². The van der Waals surface area contributed by atoms with Crippen LogP contribution in [0.1, 0.15) is 24.0 Å². The van der Waals surface area contributed by atoms with Crippen molar-refractivity contribution in [3.05, 3.63) is 59.7 Å². The highest BCUT2D eigenvalue weighted by atomic mass is 19.3. The first kappa shape index (κ1) is 20.5. The van der Waals surface area contributed by atoms with Crippen LogP contribution in [-0.2, 0) is 6.42 Å². The average Bonchev–Trinajstić information content (AvgIpc) is 2.67. The molecule has 0 bridgehead atoms. The van der Waals surface area contributed by atoms with Gasteiger partial charge in [0.05, 0.1) is 12.2 Å². The Balaban J connectivity index is 1.69. The molecular formula is C21H24F2O5. The van der Waals surface area contributed by atoms with Gasteiger partial charge in [-0.2, -0.15) is 8.78 Å². The fraction of sp³-hybridized carbons (Fsp3) is 0.429. The topological polar surface area (TPSA) is 79.2 Å². The second kappa shape index (κ2) is 9.32. The number of aliphatic hydroxyl groups excluding tert-OH is 3. The van der Waals surface area contributed by atoms with Gasteiger partial charge in [0.1, 0.15) is 17.6 Å². The molecule has 0 heterocycles. The second-order valence-electron chi connectivity index (χ2n) is 7.02. The molecule has 0 spiro atoms. The maximum absolute atomic E-state index is 12.3. The molecule has 1 saturated carbocycles. The van der Waals surface area contributed by atoms with Crippen LogP contribution in [0.2, 0.25) is 0 Å². The zero-order chi connectivity index (χ0) is 20.1. The van der Waals surface area contributed by atoms with E-state index in [9.17, 15) is 24.1 Å². The quantitative estimate of drug-likeness (QED) is 0.673. The van der Waals surface area contributed by atoms with E-state index >= 15 is 0 Å². The third-order valence-electron chi connectivity index (χ3n) is 4.99. The SMILES string of the molecule is OC[C@H]1C[C@@H](Oc2ccccc2Cc2ccc(OC(F)F)cc2)C[C@@H](O)[C@@H]1O. The number of benzene rings is 2. The second-order valence-corrected chi connectivity index (χ2v) is 7.02. The van der Waals surface area contributed by atoms with Gasteiger partial charge in [0, 0.05) is 25.4 Å². The van der Waals surface area contributed by atoms with Crippen molar-refractivity contribution in [1.29, 1.82) is 0 Å². The summed E-state index contributed by atoms with van der Waals surface area (Å²) in [6, 6.07) is 13.9. The Morgan fingerprint density at radius 3 is 2.39 bits per heavy atom. The maximum Gasteiger partial charge on any atom is 0.387 e. The Morgan fingerprint density at radius 1 is 1.00 bits per heavy atom. The normalized spacial score (nSPS) is 24.9. The molecule has 0 saturated heterocycles. The number of aliphatic hydroxyl groups is 3. The molecule has 1 aliphatic rings. The fourth-order valence-corrected chi connectivity index (χ4v) is 3.53. The van der Waals surface area contributed by atoms with Gasteiger partial charge >= 0.3 is 6.61 Å². The van der Waals surface area contributed by atoms with E-state index in [2.05, 4.69) is 4.74 Å². The summed E-state index contributed by atoms with van der Waals surface area (Å²) in [5.74, 6) is 0.331. The largest absolute Gasteiger partial charge is 0.490 e. The van der Waals surface area contributed by atoms with Crippen molar-refractivity contribution in [1.82, 2.24) is 0 Å². The van der Waals surface area contributed by atoms with Crippen LogP contribution < -0.4 is 9.47 Å². The molecule has 0 amide bonds. The number of hydrogen-bond acceptors (Lipinski definition) is 5.